The maximum absolute atomic E-state index is 12.1. The highest BCUT2D eigenvalue weighted by Gasteiger charge is 2.14. The van der Waals surface area contributed by atoms with Gasteiger partial charge in [-0.05, 0) is 23.6 Å². The third-order valence-electron chi connectivity index (χ3n) is 3.96. The molecule has 132 valence electrons. The summed E-state index contributed by atoms with van der Waals surface area (Å²) in [7, 11) is 1.62. The zero-order valence-electron chi connectivity index (χ0n) is 14.7. The largest absolute Gasteiger partial charge is 0.496 e. The second-order valence-corrected chi connectivity index (χ2v) is 5.76. The predicted octanol–water partition coefficient (Wildman–Crippen LogP) is 2.40. The van der Waals surface area contributed by atoms with Crippen molar-refractivity contribution in [3.05, 3.63) is 65.7 Å². The molecule has 0 aliphatic heterocycles. The molecule has 0 radical (unpaired) electrons. The van der Waals surface area contributed by atoms with Gasteiger partial charge in [0, 0.05) is 20.0 Å². The van der Waals surface area contributed by atoms with E-state index in [1.165, 1.54) is 6.92 Å². The van der Waals surface area contributed by atoms with Crippen LogP contribution in [0.1, 0.15) is 18.1 Å². The molecule has 0 aliphatic carbocycles. The molecular formula is C20H24N2O3. The normalized spacial score (nSPS) is 10.2. The van der Waals surface area contributed by atoms with Crippen LogP contribution in [0.3, 0.4) is 0 Å². The Morgan fingerprint density at radius 3 is 2.40 bits per heavy atom. The molecule has 25 heavy (non-hydrogen) atoms. The highest BCUT2D eigenvalue weighted by Crippen LogP contribution is 2.18. The van der Waals surface area contributed by atoms with Crippen molar-refractivity contribution in [1.29, 1.82) is 0 Å². The van der Waals surface area contributed by atoms with Crippen LogP contribution in [0.4, 0.5) is 0 Å². The van der Waals surface area contributed by atoms with Crippen LogP contribution in [0.5, 0.6) is 5.75 Å². The lowest BCUT2D eigenvalue weighted by atomic mass is 10.1. The van der Waals surface area contributed by atoms with Crippen molar-refractivity contribution in [3.63, 3.8) is 0 Å². The molecule has 2 amide bonds. The van der Waals surface area contributed by atoms with E-state index in [0.29, 0.717) is 19.5 Å². The molecule has 0 saturated carbocycles. The summed E-state index contributed by atoms with van der Waals surface area (Å²) < 4.78 is 5.32. The van der Waals surface area contributed by atoms with Crippen LogP contribution in [0.2, 0.25) is 0 Å². The summed E-state index contributed by atoms with van der Waals surface area (Å²) in [5, 5.41) is 2.85. The van der Waals surface area contributed by atoms with Crippen LogP contribution in [0, 0.1) is 0 Å². The monoisotopic (exact) mass is 340 g/mol. The Kier molecular flexibility index (Phi) is 7.01. The van der Waals surface area contributed by atoms with E-state index in [2.05, 4.69) is 5.32 Å². The van der Waals surface area contributed by atoms with Crippen molar-refractivity contribution in [1.82, 2.24) is 10.2 Å². The van der Waals surface area contributed by atoms with Gasteiger partial charge in [-0.2, -0.15) is 0 Å². The lowest BCUT2D eigenvalue weighted by Gasteiger charge is -2.21. The molecule has 0 fully saturated rings. The molecule has 0 spiro atoms. The topological polar surface area (TPSA) is 58.6 Å². The van der Waals surface area contributed by atoms with Gasteiger partial charge in [-0.3, -0.25) is 9.59 Å². The van der Waals surface area contributed by atoms with Gasteiger partial charge in [-0.25, -0.2) is 0 Å². The molecule has 0 saturated heterocycles. The van der Waals surface area contributed by atoms with E-state index in [9.17, 15) is 9.59 Å². The standard InChI is InChI=1S/C20H24N2O3/c1-16(23)22(13-12-18-10-6-7-11-19(18)25-2)15-20(24)21-14-17-8-4-3-5-9-17/h3-11H,12-15H2,1-2H3,(H,21,24). The summed E-state index contributed by atoms with van der Waals surface area (Å²) in [6.45, 7) is 2.45. The van der Waals surface area contributed by atoms with Crippen LogP contribution in [0.15, 0.2) is 54.6 Å². The number of rotatable bonds is 8. The third kappa shape index (κ3) is 5.95. The van der Waals surface area contributed by atoms with Gasteiger partial charge in [-0.1, -0.05) is 48.5 Å². The summed E-state index contributed by atoms with van der Waals surface area (Å²) in [5.41, 5.74) is 2.04. The van der Waals surface area contributed by atoms with Crippen LogP contribution in [-0.4, -0.2) is 36.9 Å². The van der Waals surface area contributed by atoms with Gasteiger partial charge in [0.2, 0.25) is 11.8 Å². The van der Waals surface area contributed by atoms with Crippen molar-refractivity contribution in [3.8, 4) is 5.75 Å². The molecule has 2 aromatic carbocycles. The second-order valence-electron chi connectivity index (χ2n) is 5.76. The van der Waals surface area contributed by atoms with Gasteiger partial charge in [0.25, 0.3) is 0 Å². The van der Waals surface area contributed by atoms with E-state index in [4.69, 9.17) is 4.74 Å². The lowest BCUT2D eigenvalue weighted by Crippen LogP contribution is -2.40. The Hall–Kier alpha value is -2.82. The number of hydrogen-bond donors (Lipinski definition) is 1. The number of nitrogens with one attached hydrogen (secondary N) is 1. The number of benzene rings is 2. The van der Waals surface area contributed by atoms with Crippen LogP contribution < -0.4 is 10.1 Å². The van der Waals surface area contributed by atoms with Gasteiger partial charge in [0.05, 0.1) is 13.7 Å². The molecule has 5 nitrogen and oxygen atoms in total. The SMILES string of the molecule is COc1ccccc1CCN(CC(=O)NCc1ccccc1)C(C)=O. The van der Waals surface area contributed by atoms with Crippen molar-refractivity contribution < 1.29 is 14.3 Å². The van der Waals surface area contributed by atoms with E-state index < -0.39 is 0 Å². The molecule has 2 aromatic rings. The summed E-state index contributed by atoms with van der Waals surface area (Å²) in [4.78, 5) is 25.5. The fraction of sp³-hybridized carbons (Fsp3) is 0.300. The molecule has 2 rings (SSSR count). The van der Waals surface area contributed by atoms with E-state index in [1.807, 2.05) is 54.6 Å². The minimum absolute atomic E-state index is 0.0529. The number of nitrogens with zero attached hydrogens (tertiary/aromatic N) is 1. The minimum atomic E-state index is -0.168. The first-order valence-electron chi connectivity index (χ1n) is 8.28. The van der Waals surface area contributed by atoms with Crippen LogP contribution in [0.25, 0.3) is 0 Å². The third-order valence-corrected chi connectivity index (χ3v) is 3.96. The average Bonchev–Trinajstić information content (AvgIpc) is 2.64. The Labute approximate surface area is 148 Å². The van der Waals surface area contributed by atoms with E-state index in [0.717, 1.165) is 16.9 Å². The number of carbonyl (C=O) groups excluding carboxylic acids is 2. The van der Waals surface area contributed by atoms with Gasteiger partial charge in [0.15, 0.2) is 0 Å². The van der Waals surface area contributed by atoms with E-state index in [-0.39, 0.29) is 18.4 Å². The molecule has 0 aliphatic rings. The zero-order valence-corrected chi connectivity index (χ0v) is 14.7. The van der Waals surface area contributed by atoms with E-state index >= 15 is 0 Å². The summed E-state index contributed by atoms with van der Waals surface area (Å²) >= 11 is 0. The Bertz CT molecular complexity index is 701. The van der Waals surface area contributed by atoms with Crippen molar-refractivity contribution in [2.45, 2.75) is 19.9 Å². The Morgan fingerprint density at radius 1 is 1.04 bits per heavy atom. The number of para-hydroxylation sites is 1. The van der Waals surface area contributed by atoms with Crippen molar-refractivity contribution in [2.75, 3.05) is 20.2 Å². The zero-order chi connectivity index (χ0) is 18.1. The molecule has 5 heteroatoms. The lowest BCUT2D eigenvalue weighted by molar-refractivity contribution is -0.134. The molecule has 0 atom stereocenters. The maximum atomic E-state index is 12.1. The van der Waals surface area contributed by atoms with E-state index in [1.54, 1.807) is 12.0 Å². The molecule has 0 unspecified atom stereocenters. The smallest absolute Gasteiger partial charge is 0.239 e. The van der Waals surface area contributed by atoms with Crippen molar-refractivity contribution >= 4 is 11.8 Å². The number of hydrogen-bond acceptors (Lipinski definition) is 3. The number of amides is 2. The molecule has 0 aromatic heterocycles. The summed E-state index contributed by atoms with van der Waals surface area (Å²) in [5.74, 6) is 0.503. The molecule has 1 N–H and O–H groups in total. The Balaban J connectivity index is 1.87. The minimum Gasteiger partial charge on any atom is -0.496 e. The highest BCUT2D eigenvalue weighted by molar-refractivity contribution is 5.83. The van der Waals surface area contributed by atoms with Gasteiger partial charge < -0.3 is 15.0 Å². The van der Waals surface area contributed by atoms with Gasteiger partial charge in [0.1, 0.15) is 5.75 Å². The quantitative estimate of drug-likeness (QED) is 0.803. The predicted molar refractivity (Wildman–Crippen MR) is 97.2 cm³/mol. The first-order chi connectivity index (χ1) is 12.1. The first-order valence-corrected chi connectivity index (χ1v) is 8.28. The second kappa shape index (κ2) is 9.47. The number of methoxy groups -OCH3 is 1. The van der Waals surface area contributed by atoms with Gasteiger partial charge in [-0.15, -0.1) is 0 Å². The van der Waals surface area contributed by atoms with Crippen LogP contribution >= 0.6 is 0 Å². The fourth-order valence-electron chi connectivity index (χ4n) is 2.54. The highest BCUT2D eigenvalue weighted by atomic mass is 16.5. The molecular weight excluding hydrogens is 316 g/mol. The number of carbonyl (C=O) groups is 2. The molecule has 0 heterocycles. The average molecular weight is 340 g/mol. The number of ether oxygens (including phenoxy) is 1. The fourth-order valence-corrected chi connectivity index (χ4v) is 2.54. The van der Waals surface area contributed by atoms with Crippen molar-refractivity contribution in [2.24, 2.45) is 0 Å². The first kappa shape index (κ1) is 18.5. The Morgan fingerprint density at radius 2 is 1.72 bits per heavy atom. The summed E-state index contributed by atoms with van der Waals surface area (Å²) in [6, 6.07) is 17.4. The van der Waals surface area contributed by atoms with Crippen LogP contribution in [-0.2, 0) is 22.6 Å². The molecule has 0 bridgehead atoms. The summed E-state index contributed by atoms with van der Waals surface area (Å²) in [6.07, 6.45) is 0.634. The van der Waals surface area contributed by atoms with Gasteiger partial charge >= 0.3 is 0 Å². The maximum Gasteiger partial charge on any atom is 0.239 e.